The smallest absolute Gasteiger partial charge is 0.116 e. The lowest BCUT2D eigenvalue weighted by Gasteiger charge is -2.28. The minimum atomic E-state index is -1.85. The number of hydrogen-bond acceptors (Lipinski definition) is 0. The van der Waals surface area contributed by atoms with E-state index in [9.17, 15) is 0 Å². The highest BCUT2D eigenvalue weighted by molar-refractivity contribution is 7.95. The Morgan fingerprint density at radius 3 is 1.32 bits per heavy atom. The average Bonchev–Trinajstić information content (AvgIpc) is 2.84. The Morgan fingerprint density at radius 2 is 0.839 bits per heavy atom. The maximum absolute atomic E-state index is 2.37. The molecule has 0 N–H and O–H groups in total. The van der Waals surface area contributed by atoms with Crippen LogP contribution in [0.25, 0.3) is 10.8 Å². The van der Waals surface area contributed by atoms with Gasteiger partial charge in [-0.05, 0) is 58.8 Å². The van der Waals surface area contributed by atoms with Gasteiger partial charge in [0.1, 0.15) is 23.2 Å². The number of hydrogen-bond donors (Lipinski definition) is 0. The summed E-state index contributed by atoms with van der Waals surface area (Å²) in [6.07, 6.45) is 1.01. The molecular formula is C29H24BrP. The fraction of sp³-hybridized carbons (Fsp3) is 0.0345. The van der Waals surface area contributed by atoms with E-state index >= 15 is 0 Å². The summed E-state index contributed by atoms with van der Waals surface area (Å²) < 4.78 is 0. The minimum Gasteiger partial charge on any atom is -1.00 e. The lowest BCUT2D eigenvalue weighted by Crippen LogP contribution is -3.00. The van der Waals surface area contributed by atoms with Crippen molar-refractivity contribution in [1.29, 1.82) is 0 Å². The van der Waals surface area contributed by atoms with E-state index in [1.54, 1.807) is 0 Å². The average molecular weight is 483 g/mol. The molecular weight excluding hydrogens is 459 g/mol. The van der Waals surface area contributed by atoms with Gasteiger partial charge >= 0.3 is 0 Å². The summed E-state index contributed by atoms with van der Waals surface area (Å²) in [6, 6.07) is 48.9. The molecule has 152 valence electrons. The van der Waals surface area contributed by atoms with Crippen LogP contribution in [0, 0.1) is 0 Å². The standard InChI is InChI=1S/C29H24P.BrH/c1-4-14-27(15-5-1)30(28-16-6-2-7-17-28,29-18-8-3-9-19-29)23-24-20-21-25-12-10-11-13-26(25)22-24;/h1-22H,23H2;1H/q+1;/p-1. The number of fused-ring (bicyclic) bond motifs is 1. The summed E-state index contributed by atoms with van der Waals surface area (Å²) in [5.74, 6) is 0. The zero-order valence-electron chi connectivity index (χ0n) is 17.2. The Morgan fingerprint density at radius 1 is 0.419 bits per heavy atom. The van der Waals surface area contributed by atoms with Gasteiger partial charge in [0, 0.05) is 0 Å². The molecule has 0 atom stereocenters. The molecule has 0 fully saturated rings. The van der Waals surface area contributed by atoms with Gasteiger partial charge in [0.05, 0.1) is 6.16 Å². The van der Waals surface area contributed by atoms with E-state index in [-0.39, 0.29) is 17.0 Å². The fourth-order valence-corrected chi connectivity index (χ4v) is 8.61. The highest BCUT2D eigenvalue weighted by atomic mass is 79.9. The Balaban J connectivity index is 0.00000231. The first-order valence-corrected chi connectivity index (χ1v) is 12.4. The Hall–Kier alpha value is -2.73. The van der Waals surface area contributed by atoms with Gasteiger partial charge in [-0.25, -0.2) is 0 Å². The maximum atomic E-state index is 2.37. The molecule has 0 aliphatic rings. The van der Waals surface area contributed by atoms with Gasteiger partial charge in [-0.3, -0.25) is 0 Å². The van der Waals surface area contributed by atoms with E-state index in [0.29, 0.717) is 0 Å². The molecule has 5 rings (SSSR count). The van der Waals surface area contributed by atoms with Crippen molar-refractivity contribution >= 4 is 33.9 Å². The molecule has 0 saturated carbocycles. The first-order chi connectivity index (χ1) is 14.9. The van der Waals surface area contributed by atoms with Crippen molar-refractivity contribution in [2.45, 2.75) is 6.16 Å². The molecule has 0 unspecified atom stereocenters. The molecule has 0 amide bonds. The molecule has 0 radical (unpaired) electrons. The monoisotopic (exact) mass is 482 g/mol. The Bertz CT molecular complexity index is 1150. The quantitative estimate of drug-likeness (QED) is 0.337. The number of benzene rings is 5. The molecule has 2 heteroatoms. The largest absolute Gasteiger partial charge is 1.00 e. The van der Waals surface area contributed by atoms with Crippen LogP contribution in [0.3, 0.4) is 0 Å². The predicted molar refractivity (Wildman–Crippen MR) is 133 cm³/mol. The molecule has 0 bridgehead atoms. The molecule has 0 heterocycles. The molecule has 0 aromatic heterocycles. The van der Waals surface area contributed by atoms with Gasteiger partial charge in [0.15, 0.2) is 0 Å². The zero-order valence-corrected chi connectivity index (χ0v) is 19.7. The second-order valence-electron chi connectivity index (χ2n) is 7.66. The highest BCUT2D eigenvalue weighted by Crippen LogP contribution is 2.58. The van der Waals surface area contributed by atoms with Crippen LogP contribution in [0.15, 0.2) is 133 Å². The maximum Gasteiger partial charge on any atom is 0.116 e. The van der Waals surface area contributed by atoms with E-state index in [2.05, 4.69) is 133 Å². The van der Waals surface area contributed by atoms with Crippen molar-refractivity contribution in [3.05, 3.63) is 139 Å². The fourth-order valence-electron chi connectivity index (χ4n) is 4.38. The van der Waals surface area contributed by atoms with Gasteiger partial charge in [0.2, 0.25) is 0 Å². The summed E-state index contributed by atoms with van der Waals surface area (Å²) in [7, 11) is -1.85. The molecule has 0 spiro atoms. The third kappa shape index (κ3) is 4.22. The van der Waals surface area contributed by atoms with Crippen molar-refractivity contribution in [1.82, 2.24) is 0 Å². The first-order valence-electron chi connectivity index (χ1n) is 10.4. The second-order valence-corrected chi connectivity index (χ2v) is 11.1. The molecule has 5 aromatic carbocycles. The summed E-state index contributed by atoms with van der Waals surface area (Å²) in [6.45, 7) is 0. The van der Waals surface area contributed by atoms with Crippen LogP contribution < -0.4 is 32.9 Å². The molecule has 0 aliphatic heterocycles. The highest BCUT2D eigenvalue weighted by Gasteiger charge is 2.45. The molecule has 31 heavy (non-hydrogen) atoms. The lowest BCUT2D eigenvalue weighted by molar-refractivity contribution is -0.00000573. The topological polar surface area (TPSA) is 0 Å². The van der Waals surface area contributed by atoms with E-state index in [0.717, 1.165) is 6.16 Å². The Labute approximate surface area is 195 Å². The van der Waals surface area contributed by atoms with Crippen molar-refractivity contribution < 1.29 is 17.0 Å². The van der Waals surface area contributed by atoms with Crippen LogP contribution in [0.4, 0.5) is 0 Å². The minimum absolute atomic E-state index is 0. The van der Waals surface area contributed by atoms with E-state index in [4.69, 9.17) is 0 Å². The van der Waals surface area contributed by atoms with Gasteiger partial charge in [-0.15, -0.1) is 0 Å². The normalized spacial score (nSPS) is 11.1. The SMILES string of the molecule is [Br-].c1ccc([P+](Cc2ccc3ccccc3c2)(c2ccccc2)c2ccccc2)cc1. The Kier molecular flexibility index (Phi) is 6.66. The van der Waals surface area contributed by atoms with Crippen molar-refractivity contribution in [3.63, 3.8) is 0 Å². The predicted octanol–water partition coefficient (Wildman–Crippen LogP) is 3.34. The molecule has 5 aromatic rings. The lowest BCUT2D eigenvalue weighted by atomic mass is 10.1. The van der Waals surface area contributed by atoms with Gasteiger partial charge in [0.25, 0.3) is 0 Å². The van der Waals surface area contributed by atoms with Crippen molar-refractivity contribution in [2.24, 2.45) is 0 Å². The molecule has 0 nitrogen and oxygen atoms in total. The number of rotatable bonds is 5. The van der Waals surface area contributed by atoms with Crippen molar-refractivity contribution in [2.75, 3.05) is 0 Å². The molecule has 0 saturated heterocycles. The summed E-state index contributed by atoms with van der Waals surface area (Å²) in [5, 5.41) is 6.88. The van der Waals surface area contributed by atoms with Gasteiger partial charge < -0.3 is 17.0 Å². The van der Waals surface area contributed by atoms with Crippen molar-refractivity contribution in [3.8, 4) is 0 Å². The zero-order chi connectivity index (χ0) is 20.2. The van der Waals surface area contributed by atoms with Crippen LogP contribution in [0.1, 0.15) is 5.56 Å². The van der Waals surface area contributed by atoms with Crippen LogP contribution >= 0.6 is 7.26 Å². The van der Waals surface area contributed by atoms with Crippen LogP contribution in [-0.2, 0) is 6.16 Å². The first kappa shape index (κ1) is 21.5. The van der Waals surface area contributed by atoms with Crippen LogP contribution in [0.2, 0.25) is 0 Å². The van der Waals surface area contributed by atoms with Crippen LogP contribution in [0.5, 0.6) is 0 Å². The van der Waals surface area contributed by atoms with E-state index < -0.39 is 7.26 Å². The van der Waals surface area contributed by atoms with Crippen LogP contribution in [-0.4, -0.2) is 0 Å². The second kappa shape index (κ2) is 9.60. The van der Waals surface area contributed by atoms with E-state index in [1.165, 1.54) is 32.2 Å². The third-order valence-electron chi connectivity index (χ3n) is 5.82. The third-order valence-corrected chi connectivity index (χ3v) is 10.2. The number of halogens is 1. The van der Waals surface area contributed by atoms with Gasteiger partial charge in [-0.2, -0.15) is 0 Å². The summed E-state index contributed by atoms with van der Waals surface area (Å²) in [4.78, 5) is 0. The van der Waals surface area contributed by atoms with E-state index in [1.807, 2.05) is 0 Å². The van der Waals surface area contributed by atoms with Gasteiger partial charge in [-0.1, -0.05) is 91.0 Å². The summed E-state index contributed by atoms with van der Waals surface area (Å²) in [5.41, 5.74) is 1.39. The summed E-state index contributed by atoms with van der Waals surface area (Å²) >= 11 is 0. The molecule has 0 aliphatic carbocycles.